The molecule has 1 aliphatic rings. The Balaban J connectivity index is 1.39. The van der Waals surface area contributed by atoms with Gasteiger partial charge in [-0.2, -0.15) is 10.2 Å². The molecule has 160 valence electrons. The number of fused-ring (bicyclic) bond motifs is 1. The van der Waals surface area contributed by atoms with E-state index >= 15 is 4.39 Å². The summed E-state index contributed by atoms with van der Waals surface area (Å²) < 4.78 is 18.5. The quantitative estimate of drug-likeness (QED) is 0.526. The summed E-state index contributed by atoms with van der Waals surface area (Å²) in [5.74, 6) is 0.820. The van der Waals surface area contributed by atoms with Crippen LogP contribution in [0, 0.1) is 5.82 Å². The first kappa shape index (κ1) is 19.4. The number of hydrogen-bond donors (Lipinski definition) is 1. The Morgan fingerprint density at radius 1 is 0.968 bits per heavy atom. The zero-order valence-electron chi connectivity index (χ0n) is 17.2. The van der Waals surface area contributed by atoms with E-state index in [1.165, 1.54) is 10.8 Å². The molecule has 0 aromatic carbocycles. The van der Waals surface area contributed by atoms with Crippen molar-refractivity contribution in [1.82, 2.24) is 34.3 Å². The number of aryl methyl sites for hydroxylation is 1. The van der Waals surface area contributed by atoms with Gasteiger partial charge < -0.3 is 14.9 Å². The van der Waals surface area contributed by atoms with Crippen LogP contribution in [0.4, 0.5) is 16.2 Å². The van der Waals surface area contributed by atoms with Crippen LogP contribution in [0.1, 0.15) is 18.6 Å². The van der Waals surface area contributed by atoms with Crippen LogP contribution in [-0.2, 0) is 7.05 Å². The number of aliphatic hydroxyl groups is 1. The Morgan fingerprint density at radius 3 is 2.32 bits per heavy atom. The summed E-state index contributed by atoms with van der Waals surface area (Å²) in [7, 11) is 1.80. The molecule has 4 aromatic rings. The van der Waals surface area contributed by atoms with E-state index < -0.39 is 6.10 Å². The summed E-state index contributed by atoms with van der Waals surface area (Å²) >= 11 is 0. The SMILES string of the molecule is CC(O)c1cnc(N2CCN(c3ncnn4cc(-c5cnn(C)c5)c(F)c34)CC2)nc1. The molecule has 1 N–H and O–H groups in total. The van der Waals surface area contributed by atoms with E-state index in [0.29, 0.717) is 60.2 Å². The van der Waals surface area contributed by atoms with E-state index in [0.717, 1.165) is 0 Å². The summed E-state index contributed by atoms with van der Waals surface area (Å²) in [5.41, 5.74) is 2.17. The van der Waals surface area contributed by atoms with E-state index in [1.54, 1.807) is 49.6 Å². The summed E-state index contributed by atoms with van der Waals surface area (Å²) in [6.07, 6.45) is 9.20. The van der Waals surface area contributed by atoms with Crippen LogP contribution in [0.3, 0.4) is 0 Å². The molecule has 5 rings (SSSR count). The Morgan fingerprint density at radius 2 is 1.68 bits per heavy atom. The lowest BCUT2D eigenvalue weighted by atomic mass is 10.2. The van der Waals surface area contributed by atoms with E-state index in [1.807, 2.05) is 4.90 Å². The normalized spacial score (nSPS) is 15.6. The first-order valence-electron chi connectivity index (χ1n) is 10.0. The van der Waals surface area contributed by atoms with Crippen molar-refractivity contribution >= 4 is 17.3 Å². The van der Waals surface area contributed by atoms with Crippen molar-refractivity contribution in [2.24, 2.45) is 7.05 Å². The number of nitrogens with zero attached hydrogens (tertiary/aromatic N) is 9. The van der Waals surface area contributed by atoms with Gasteiger partial charge in [-0.05, 0) is 6.92 Å². The van der Waals surface area contributed by atoms with Crippen molar-refractivity contribution in [2.75, 3.05) is 36.0 Å². The highest BCUT2D eigenvalue weighted by atomic mass is 19.1. The molecule has 1 saturated heterocycles. The van der Waals surface area contributed by atoms with Crippen molar-refractivity contribution in [3.8, 4) is 11.1 Å². The van der Waals surface area contributed by atoms with Crippen molar-refractivity contribution in [1.29, 1.82) is 0 Å². The number of aliphatic hydroxyl groups excluding tert-OH is 1. The molecule has 11 heteroatoms. The Kier molecular flexibility index (Phi) is 4.74. The van der Waals surface area contributed by atoms with Crippen molar-refractivity contribution in [3.63, 3.8) is 0 Å². The van der Waals surface area contributed by atoms with Gasteiger partial charge in [-0.25, -0.2) is 23.9 Å². The highest BCUT2D eigenvalue weighted by molar-refractivity contribution is 5.78. The van der Waals surface area contributed by atoms with Gasteiger partial charge in [0.15, 0.2) is 11.6 Å². The third kappa shape index (κ3) is 3.46. The number of aromatic nitrogens is 7. The molecule has 1 fully saturated rings. The zero-order valence-corrected chi connectivity index (χ0v) is 17.2. The average molecular weight is 423 g/mol. The number of piperazine rings is 1. The molecule has 4 aromatic heterocycles. The van der Waals surface area contributed by atoms with Gasteiger partial charge >= 0.3 is 0 Å². The minimum absolute atomic E-state index is 0.354. The molecule has 5 heterocycles. The number of anilines is 2. The van der Waals surface area contributed by atoms with Crippen LogP contribution in [0.15, 0.2) is 37.3 Å². The molecule has 0 amide bonds. The highest BCUT2D eigenvalue weighted by Crippen LogP contribution is 2.31. The van der Waals surface area contributed by atoms with Gasteiger partial charge in [-0.3, -0.25) is 4.68 Å². The number of hydrogen-bond acceptors (Lipinski definition) is 8. The largest absolute Gasteiger partial charge is 0.389 e. The molecule has 10 nitrogen and oxygen atoms in total. The fourth-order valence-corrected chi connectivity index (χ4v) is 3.78. The van der Waals surface area contributed by atoms with E-state index in [2.05, 4.69) is 30.0 Å². The van der Waals surface area contributed by atoms with E-state index in [4.69, 9.17) is 0 Å². The van der Waals surface area contributed by atoms with Crippen molar-refractivity contribution < 1.29 is 9.50 Å². The van der Waals surface area contributed by atoms with Gasteiger partial charge in [0.05, 0.1) is 12.3 Å². The standard InChI is InChI=1S/C20H22FN9O/c1-13(31)14-7-22-20(23-8-14)29-5-3-28(4-6-29)19-18-17(21)16(11-30(18)26-12-24-19)15-9-25-27(2)10-15/h7-13,31H,3-6H2,1-2H3. The first-order valence-corrected chi connectivity index (χ1v) is 10.0. The van der Waals surface area contributed by atoms with Gasteiger partial charge in [0.1, 0.15) is 11.8 Å². The third-order valence-electron chi connectivity index (χ3n) is 5.51. The lowest BCUT2D eigenvalue weighted by Crippen LogP contribution is -2.47. The molecule has 0 radical (unpaired) electrons. The average Bonchev–Trinajstić information content (AvgIpc) is 3.37. The van der Waals surface area contributed by atoms with E-state index in [-0.39, 0.29) is 5.82 Å². The Hall–Kier alpha value is -3.60. The number of rotatable bonds is 4. The van der Waals surface area contributed by atoms with Gasteiger partial charge in [0.25, 0.3) is 0 Å². The zero-order chi connectivity index (χ0) is 21.5. The second-order valence-electron chi connectivity index (χ2n) is 7.60. The summed E-state index contributed by atoms with van der Waals surface area (Å²) in [5, 5.41) is 17.9. The molecule has 1 unspecified atom stereocenters. The summed E-state index contributed by atoms with van der Waals surface area (Å²) in [6, 6.07) is 0. The number of halogens is 1. The van der Waals surface area contributed by atoms with Gasteiger partial charge in [0.2, 0.25) is 5.95 Å². The molecule has 1 atom stereocenters. The van der Waals surface area contributed by atoms with Gasteiger partial charge in [-0.1, -0.05) is 0 Å². The predicted octanol–water partition coefficient (Wildman–Crippen LogP) is 1.44. The van der Waals surface area contributed by atoms with Crippen LogP contribution in [0.2, 0.25) is 0 Å². The molecule has 0 aliphatic carbocycles. The summed E-state index contributed by atoms with van der Waals surface area (Å²) in [6.45, 7) is 4.30. The van der Waals surface area contributed by atoms with E-state index in [9.17, 15) is 5.11 Å². The monoisotopic (exact) mass is 423 g/mol. The maximum Gasteiger partial charge on any atom is 0.225 e. The molecule has 0 bridgehead atoms. The van der Waals surface area contributed by atoms with Crippen LogP contribution in [0.5, 0.6) is 0 Å². The maximum atomic E-state index is 15.4. The lowest BCUT2D eigenvalue weighted by molar-refractivity contribution is 0.198. The van der Waals surface area contributed by atoms with Crippen LogP contribution in [0.25, 0.3) is 16.6 Å². The van der Waals surface area contributed by atoms with Crippen LogP contribution < -0.4 is 9.80 Å². The Bertz CT molecular complexity index is 1210. The van der Waals surface area contributed by atoms with Crippen molar-refractivity contribution in [3.05, 3.63) is 48.7 Å². The maximum absolute atomic E-state index is 15.4. The lowest BCUT2D eigenvalue weighted by Gasteiger charge is -2.35. The van der Waals surface area contributed by atoms with Gasteiger partial charge in [-0.15, -0.1) is 0 Å². The predicted molar refractivity (Wildman–Crippen MR) is 112 cm³/mol. The second kappa shape index (κ2) is 7.58. The molecular weight excluding hydrogens is 401 g/mol. The minimum Gasteiger partial charge on any atom is -0.389 e. The molecule has 0 saturated carbocycles. The topological polar surface area (TPSA) is 101 Å². The minimum atomic E-state index is -0.598. The Labute approximate surface area is 177 Å². The fraction of sp³-hybridized carbons (Fsp3) is 0.350. The van der Waals surface area contributed by atoms with Gasteiger partial charge in [0, 0.05) is 74.7 Å². The van der Waals surface area contributed by atoms with Crippen LogP contribution in [-0.4, -0.2) is 65.6 Å². The molecule has 31 heavy (non-hydrogen) atoms. The molecule has 1 aliphatic heterocycles. The van der Waals surface area contributed by atoms with Crippen molar-refractivity contribution in [2.45, 2.75) is 13.0 Å². The highest BCUT2D eigenvalue weighted by Gasteiger charge is 2.25. The first-order chi connectivity index (χ1) is 15.0. The smallest absolute Gasteiger partial charge is 0.225 e. The molecule has 0 spiro atoms. The fourth-order valence-electron chi connectivity index (χ4n) is 3.78. The third-order valence-corrected chi connectivity index (χ3v) is 5.51. The second-order valence-corrected chi connectivity index (χ2v) is 7.60. The van der Waals surface area contributed by atoms with Crippen LogP contribution >= 0.6 is 0 Å². The summed E-state index contributed by atoms with van der Waals surface area (Å²) in [4.78, 5) is 17.2. The molecular formula is C20H22FN9O.